The topological polar surface area (TPSA) is 61.4 Å². The summed E-state index contributed by atoms with van der Waals surface area (Å²) in [6.07, 6.45) is 1.64. The van der Waals surface area contributed by atoms with Gasteiger partial charge in [-0.3, -0.25) is 0 Å². The van der Waals surface area contributed by atoms with Gasteiger partial charge in [0.05, 0.1) is 5.39 Å². The van der Waals surface area contributed by atoms with Gasteiger partial charge in [-0.25, -0.2) is 4.79 Å². The molecule has 1 aromatic heterocycles. The van der Waals surface area contributed by atoms with Gasteiger partial charge in [-0.2, -0.15) is 4.57 Å². The van der Waals surface area contributed by atoms with Crippen molar-refractivity contribution in [3.05, 3.63) is 36.5 Å². The third-order valence-electron chi connectivity index (χ3n) is 2.18. The maximum Gasteiger partial charge on any atom is 0.370 e. The Hall–Kier alpha value is -1.81. The minimum absolute atomic E-state index is 0. The van der Waals surface area contributed by atoms with Crippen LogP contribution in [0.3, 0.4) is 0 Å². The molecule has 0 aliphatic carbocycles. The number of phenols is 1. The predicted molar refractivity (Wildman–Crippen MR) is 53.4 cm³/mol. The first-order chi connectivity index (χ1) is 7.18. The third-order valence-corrected chi connectivity index (χ3v) is 2.18. The first-order valence-corrected chi connectivity index (χ1v) is 4.50. The fourth-order valence-corrected chi connectivity index (χ4v) is 1.60. The fraction of sp³-hybridized carbons (Fsp3) is 0.0909. The molecule has 84 valence electrons. The summed E-state index contributed by atoms with van der Waals surface area (Å²) in [5.74, 6) is -0.842. The number of carbonyl (C=O) groups is 1. The molecular formula is C11H10ClNO3. The SMILES string of the molecule is O=C(O)C[n+]1cccc2cccc(O)c21.[Cl-]. The Bertz CT molecular complexity index is 522. The van der Waals surface area contributed by atoms with Gasteiger partial charge >= 0.3 is 5.97 Å². The number of carboxylic acids is 1. The van der Waals surface area contributed by atoms with E-state index in [9.17, 15) is 9.90 Å². The van der Waals surface area contributed by atoms with E-state index in [0.29, 0.717) is 5.52 Å². The number of nitrogens with zero attached hydrogens (tertiary/aromatic N) is 1. The van der Waals surface area contributed by atoms with Crippen LogP contribution >= 0.6 is 0 Å². The van der Waals surface area contributed by atoms with E-state index in [2.05, 4.69) is 0 Å². The van der Waals surface area contributed by atoms with Crippen molar-refractivity contribution in [3.8, 4) is 5.75 Å². The molecule has 4 nitrogen and oxygen atoms in total. The van der Waals surface area contributed by atoms with Crippen LogP contribution in [-0.2, 0) is 11.3 Å². The third kappa shape index (κ3) is 2.23. The van der Waals surface area contributed by atoms with Gasteiger partial charge in [0.25, 0.3) is 5.52 Å². The molecule has 0 aliphatic rings. The summed E-state index contributed by atoms with van der Waals surface area (Å²) in [7, 11) is 0. The van der Waals surface area contributed by atoms with Gasteiger partial charge < -0.3 is 22.6 Å². The quantitative estimate of drug-likeness (QED) is 0.592. The van der Waals surface area contributed by atoms with E-state index in [1.165, 1.54) is 4.57 Å². The molecule has 2 N–H and O–H groups in total. The number of para-hydroxylation sites is 1. The zero-order chi connectivity index (χ0) is 10.8. The van der Waals surface area contributed by atoms with E-state index in [1.54, 1.807) is 24.4 Å². The number of hydrogen-bond acceptors (Lipinski definition) is 2. The Labute approximate surface area is 98.2 Å². The normalized spacial score (nSPS) is 9.75. The van der Waals surface area contributed by atoms with Crippen LogP contribution in [0.15, 0.2) is 36.5 Å². The maximum absolute atomic E-state index is 10.6. The summed E-state index contributed by atoms with van der Waals surface area (Å²) in [5.41, 5.74) is 0.544. The van der Waals surface area contributed by atoms with E-state index >= 15 is 0 Å². The number of halogens is 1. The maximum atomic E-state index is 10.6. The Kier molecular flexibility index (Phi) is 3.68. The summed E-state index contributed by atoms with van der Waals surface area (Å²) in [6, 6.07) is 8.68. The summed E-state index contributed by atoms with van der Waals surface area (Å²) in [4.78, 5) is 10.6. The number of aromatic nitrogens is 1. The predicted octanol–water partition coefficient (Wildman–Crippen LogP) is -2.08. The van der Waals surface area contributed by atoms with Gasteiger partial charge in [0.15, 0.2) is 11.9 Å². The highest BCUT2D eigenvalue weighted by atomic mass is 35.5. The van der Waals surface area contributed by atoms with Gasteiger partial charge in [-0.1, -0.05) is 6.07 Å². The van der Waals surface area contributed by atoms with Crippen LogP contribution in [0.25, 0.3) is 10.9 Å². The number of hydrogen-bond donors (Lipinski definition) is 2. The number of rotatable bonds is 2. The zero-order valence-corrected chi connectivity index (χ0v) is 9.05. The highest BCUT2D eigenvalue weighted by Gasteiger charge is 2.15. The van der Waals surface area contributed by atoms with Gasteiger partial charge in [0, 0.05) is 6.07 Å². The van der Waals surface area contributed by atoms with Gasteiger partial charge in [-0.15, -0.1) is 0 Å². The largest absolute Gasteiger partial charge is 1.00 e. The average Bonchev–Trinajstić information content (AvgIpc) is 2.17. The van der Waals surface area contributed by atoms with E-state index in [0.717, 1.165) is 5.39 Å². The second-order valence-electron chi connectivity index (χ2n) is 3.24. The average molecular weight is 240 g/mol. The van der Waals surface area contributed by atoms with Crippen LogP contribution in [0.2, 0.25) is 0 Å². The first kappa shape index (κ1) is 12.3. The lowest BCUT2D eigenvalue weighted by Gasteiger charge is -2.00. The number of fused-ring (bicyclic) bond motifs is 1. The van der Waals surface area contributed by atoms with Crippen molar-refractivity contribution in [2.75, 3.05) is 0 Å². The minimum Gasteiger partial charge on any atom is -1.00 e. The number of aromatic hydroxyl groups is 1. The van der Waals surface area contributed by atoms with Crippen molar-refractivity contribution in [3.63, 3.8) is 0 Å². The second kappa shape index (κ2) is 4.81. The monoisotopic (exact) mass is 239 g/mol. The van der Waals surface area contributed by atoms with Gasteiger partial charge in [0.1, 0.15) is 0 Å². The number of pyridine rings is 1. The van der Waals surface area contributed by atoms with Crippen molar-refractivity contribution >= 4 is 16.9 Å². The van der Waals surface area contributed by atoms with E-state index < -0.39 is 5.97 Å². The van der Waals surface area contributed by atoms with Crippen molar-refractivity contribution in [1.82, 2.24) is 0 Å². The Morgan fingerprint density at radius 1 is 1.25 bits per heavy atom. The van der Waals surface area contributed by atoms with E-state index in [1.807, 2.05) is 12.1 Å². The van der Waals surface area contributed by atoms with Gasteiger partial charge in [0.2, 0.25) is 6.54 Å². The Balaban J connectivity index is 0.00000128. The van der Waals surface area contributed by atoms with Crippen molar-refractivity contribution < 1.29 is 32.0 Å². The highest BCUT2D eigenvalue weighted by molar-refractivity contribution is 5.81. The zero-order valence-electron chi connectivity index (χ0n) is 8.30. The van der Waals surface area contributed by atoms with Crippen molar-refractivity contribution in [2.45, 2.75) is 6.54 Å². The molecule has 0 amide bonds. The number of aliphatic carboxylic acids is 1. The Morgan fingerprint density at radius 2 is 1.94 bits per heavy atom. The van der Waals surface area contributed by atoms with Crippen molar-refractivity contribution in [2.24, 2.45) is 0 Å². The molecular weight excluding hydrogens is 230 g/mol. The van der Waals surface area contributed by atoms with E-state index in [4.69, 9.17) is 5.11 Å². The molecule has 0 unspecified atom stereocenters. The van der Waals surface area contributed by atoms with Crippen LogP contribution in [-0.4, -0.2) is 16.2 Å². The molecule has 0 saturated heterocycles. The first-order valence-electron chi connectivity index (χ1n) is 4.50. The van der Waals surface area contributed by atoms with Gasteiger partial charge in [-0.05, 0) is 18.2 Å². The lowest BCUT2D eigenvalue weighted by atomic mass is 10.2. The lowest BCUT2D eigenvalue weighted by Crippen LogP contribution is -3.00. The molecule has 0 radical (unpaired) electrons. The standard InChI is InChI=1S/C11H9NO3.ClH/c13-9-5-1-3-8-4-2-6-12(11(8)9)7-10(14)15;/h1-6H,7H2,(H-,13,14,15);1H. The molecule has 0 saturated carbocycles. The number of benzene rings is 1. The fourth-order valence-electron chi connectivity index (χ4n) is 1.60. The molecule has 5 heteroatoms. The smallest absolute Gasteiger partial charge is 0.370 e. The lowest BCUT2D eigenvalue weighted by molar-refractivity contribution is -0.660. The molecule has 2 rings (SSSR count). The number of phenolic OH excluding ortho intramolecular Hbond substituents is 1. The molecule has 1 aromatic carbocycles. The summed E-state index contributed by atoms with van der Waals surface area (Å²) >= 11 is 0. The summed E-state index contributed by atoms with van der Waals surface area (Å²) in [6.45, 7) is -0.158. The second-order valence-corrected chi connectivity index (χ2v) is 3.24. The molecule has 0 atom stereocenters. The molecule has 0 bridgehead atoms. The molecule has 2 aromatic rings. The van der Waals surface area contributed by atoms with Crippen LogP contribution in [0.1, 0.15) is 0 Å². The van der Waals surface area contributed by atoms with Crippen LogP contribution in [0.5, 0.6) is 5.75 Å². The summed E-state index contributed by atoms with van der Waals surface area (Å²) < 4.78 is 1.51. The molecule has 0 aliphatic heterocycles. The van der Waals surface area contributed by atoms with Crippen molar-refractivity contribution in [1.29, 1.82) is 0 Å². The summed E-state index contributed by atoms with van der Waals surface area (Å²) in [5, 5.41) is 19.2. The van der Waals surface area contributed by atoms with Crippen LogP contribution in [0.4, 0.5) is 0 Å². The molecule has 0 spiro atoms. The molecule has 0 fully saturated rings. The van der Waals surface area contributed by atoms with Crippen LogP contribution in [0, 0.1) is 0 Å². The number of carboxylic acid groups (broad SMARTS) is 1. The highest BCUT2D eigenvalue weighted by Crippen LogP contribution is 2.19. The molecule has 16 heavy (non-hydrogen) atoms. The molecule has 1 heterocycles. The Morgan fingerprint density at radius 3 is 2.62 bits per heavy atom. The van der Waals surface area contributed by atoms with E-state index in [-0.39, 0.29) is 24.7 Å². The van der Waals surface area contributed by atoms with Crippen LogP contribution < -0.4 is 17.0 Å². The minimum atomic E-state index is -0.934.